The standard InChI is InChI=1S/C20H13ClFNO/c21-14-6-8-18-16(10-14)20(24)17-11-15(22)7-9-19(17)23(18)12-13-4-2-1-3-5-13/h1-11H,12H2. The number of aromatic nitrogens is 1. The van der Waals surface area contributed by atoms with Crippen LogP contribution < -0.4 is 5.43 Å². The Morgan fingerprint density at radius 2 is 1.54 bits per heavy atom. The van der Waals surface area contributed by atoms with Crippen LogP contribution in [0.4, 0.5) is 4.39 Å². The molecular weight excluding hydrogens is 325 g/mol. The fourth-order valence-electron chi connectivity index (χ4n) is 3.06. The Bertz CT molecular complexity index is 1050. The summed E-state index contributed by atoms with van der Waals surface area (Å²) in [4.78, 5) is 12.8. The van der Waals surface area contributed by atoms with E-state index in [4.69, 9.17) is 11.6 Å². The van der Waals surface area contributed by atoms with Crippen molar-refractivity contribution in [2.24, 2.45) is 0 Å². The molecular formula is C20H13ClFNO. The molecule has 1 heterocycles. The van der Waals surface area contributed by atoms with Crippen LogP contribution in [0.1, 0.15) is 5.56 Å². The molecule has 0 aliphatic carbocycles. The van der Waals surface area contributed by atoms with Crippen molar-refractivity contribution in [2.45, 2.75) is 6.54 Å². The van der Waals surface area contributed by atoms with E-state index in [0.29, 0.717) is 27.9 Å². The molecule has 0 saturated carbocycles. The lowest BCUT2D eigenvalue weighted by atomic mass is 10.1. The molecule has 0 aliphatic heterocycles. The fourth-order valence-corrected chi connectivity index (χ4v) is 3.23. The molecule has 24 heavy (non-hydrogen) atoms. The normalized spacial score (nSPS) is 11.2. The summed E-state index contributed by atoms with van der Waals surface area (Å²) < 4.78 is 15.7. The van der Waals surface area contributed by atoms with Crippen molar-refractivity contribution in [1.29, 1.82) is 0 Å². The molecule has 0 radical (unpaired) electrons. The highest BCUT2D eigenvalue weighted by molar-refractivity contribution is 6.31. The van der Waals surface area contributed by atoms with E-state index < -0.39 is 5.82 Å². The smallest absolute Gasteiger partial charge is 0.197 e. The van der Waals surface area contributed by atoms with Gasteiger partial charge in [-0.05, 0) is 42.0 Å². The van der Waals surface area contributed by atoms with E-state index in [9.17, 15) is 9.18 Å². The SMILES string of the molecule is O=c1c2cc(F)ccc2n(Cc2ccccc2)c2ccc(Cl)cc12. The van der Waals surface area contributed by atoms with Gasteiger partial charge in [-0.25, -0.2) is 4.39 Å². The summed E-state index contributed by atoms with van der Waals surface area (Å²) >= 11 is 6.06. The van der Waals surface area contributed by atoms with Crippen molar-refractivity contribution in [3.05, 3.63) is 93.4 Å². The van der Waals surface area contributed by atoms with E-state index in [1.807, 2.05) is 41.0 Å². The minimum atomic E-state index is -0.424. The number of pyridine rings is 1. The molecule has 118 valence electrons. The van der Waals surface area contributed by atoms with Crippen molar-refractivity contribution in [3.63, 3.8) is 0 Å². The van der Waals surface area contributed by atoms with Gasteiger partial charge in [0.25, 0.3) is 0 Å². The van der Waals surface area contributed by atoms with Crippen LogP contribution in [-0.4, -0.2) is 4.57 Å². The number of rotatable bonds is 2. The van der Waals surface area contributed by atoms with E-state index in [1.165, 1.54) is 12.1 Å². The molecule has 2 nitrogen and oxygen atoms in total. The van der Waals surface area contributed by atoms with Gasteiger partial charge in [-0.15, -0.1) is 0 Å². The fraction of sp³-hybridized carbons (Fsp3) is 0.0500. The molecule has 0 amide bonds. The molecule has 3 aromatic carbocycles. The summed E-state index contributed by atoms with van der Waals surface area (Å²) in [5, 5.41) is 1.35. The maximum Gasteiger partial charge on any atom is 0.197 e. The van der Waals surface area contributed by atoms with Crippen LogP contribution in [0.15, 0.2) is 71.5 Å². The zero-order valence-corrected chi connectivity index (χ0v) is 13.4. The van der Waals surface area contributed by atoms with Crippen molar-refractivity contribution in [3.8, 4) is 0 Å². The average Bonchev–Trinajstić information content (AvgIpc) is 2.59. The van der Waals surface area contributed by atoms with Crippen molar-refractivity contribution < 1.29 is 4.39 Å². The Kier molecular flexibility index (Phi) is 3.58. The van der Waals surface area contributed by atoms with E-state index in [1.54, 1.807) is 18.2 Å². The molecule has 4 aromatic rings. The van der Waals surface area contributed by atoms with Crippen molar-refractivity contribution in [1.82, 2.24) is 4.57 Å². The molecule has 0 unspecified atom stereocenters. The van der Waals surface area contributed by atoms with Gasteiger partial charge >= 0.3 is 0 Å². The van der Waals surface area contributed by atoms with E-state index in [0.717, 1.165) is 11.1 Å². The maximum atomic E-state index is 13.7. The summed E-state index contributed by atoms with van der Waals surface area (Å²) in [7, 11) is 0. The largest absolute Gasteiger partial charge is 0.336 e. The van der Waals surface area contributed by atoms with Gasteiger partial charge in [0.15, 0.2) is 5.43 Å². The van der Waals surface area contributed by atoms with Gasteiger partial charge in [0.2, 0.25) is 0 Å². The second kappa shape index (κ2) is 5.77. The lowest BCUT2D eigenvalue weighted by Crippen LogP contribution is -2.12. The number of halogens is 2. The number of hydrogen-bond acceptors (Lipinski definition) is 1. The van der Waals surface area contributed by atoms with Gasteiger partial charge in [-0.3, -0.25) is 4.79 Å². The van der Waals surface area contributed by atoms with Crippen LogP contribution in [0, 0.1) is 5.82 Å². The first-order valence-corrected chi connectivity index (χ1v) is 7.96. The van der Waals surface area contributed by atoms with Gasteiger partial charge in [0, 0.05) is 22.3 Å². The summed E-state index contributed by atoms with van der Waals surface area (Å²) in [6.07, 6.45) is 0. The number of benzene rings is 3. The molecule has 0 spiro atoms. The molecule has 4 rings (SSSR count). The average molecular weight is 338 g/mol. The second-order valence-electron chi connectivity index (χ2n) is 5.72. The van der Waals surface area contributed by atoms with Crippen LogP contribution in [0.3, 0.4) is 0 Å². The minimum Gasteiger partial charge on any atom is -0.336 e. The van der Waals surface area contributed by atoms with Crippen LogP contribution in [-0.2, 0) is 6.54 Å². The Labute approximate surface area is 142 Å². The number of fused-ring (bicyclic) bond motifs is 2. The third-order valence-electron chi connectivity index (χ3n) is 4.17. The monoisotopic (exact) mass is 337 g/mol. The molecule has 0 fully saturated rings. The van der Waals surface area contributed by atoms with Gasteiger partial charge < -0.3 is 4.57 Å². The molecule has 0 atom stereocenters. The van der Waals surface area contributed by atoms with Gasteiger partial charge in [0.1, 0.15) is 5.82 Å². The highest BCUT2D eigenvalue weighted by atomic mass is 35.5. The molecule has 1 aromatic heterocycles. The Morgan fingerprint density at radius 1 is 0.875 bits per heavy atom. The van der Waals surface area contributed by atoms with Crippen LogP contribution in [0.25, 0.3) is 21.8 Å². The maximum absolute atomic E-state index is 13.7. The van der Waals surface area contributed by atoms with Gasteiger partial charge in [0.05, 0.1) is 11.0 Å². The predicted octanol–water partition coefficient (Wildman–Crippen LogP) is 5.00. The van der Waals surface area contributed by atoms with E-state index in [-0.39, 0.29) is 5.43 Å². The first-order chi connectivity index (χ1) is 11.6. The predicted molar refractivity (Wildman–Crippen MR) is 96.2 cm³/mol. The zero-order valence-electron chi connectivity index (χ0n) is 12.7. The second-order valence-corrected chi connectivity index (χ2v) is 6.16. The lowest BCUT2D eigenvalue weighted by molar-refractivity contribution is 0.629. The third kappa shape index (κ3) is 2.47. The summed E-state index contributed by atoms with van der Waals surface area (Å²) in [6, 6.07) is 19.5. The minimum absolute atomic E-state index is 0.202. The van der Waals surface area contributed by atoms with E-state index in [2.05, 4.69) is 0 Å². The van der Waals surface area contributed by atoms with Gasteiger partial charge in [-0.2, -0.15) is 0 Å². The van der Waals surface area contributed by atoms with Gasteiger partial charge in [-0.1, -0.05) is 41.9 Å². The van der Waals surface area contributed by atoms with Crippen LogP contribution in [0.2, 0.25) is 5.02 Å². The highest BCUT2D eigenvalue weighted by Gasteiger charge is 2.12. The lowest BCUT2D eigenvalue weighted by Gasteiger charge is -2.15. The highest BCUT2D eigenvalue weighted by Crippen LogP contribution is 2.24. The van der Waals surface area contributed by atoms with Crippen molar-refractivity contribution >= 4 is 33.4 Å². The molecule has 0 N–H and O–H groups in total. The summed E-state index contributed by atoms with van der Waals surface area (Å²) in [6.45, 7) is 0.585. The molecule has 0 saturated heterocycles. The Hall–Kier alpha value is -2.65. The summed E-state index contributed by atoms with van der Waals surface area (Å²) in [5.74, 6) is -0.424. The zero-order chi connectivity index (χ0) is 16.7. The Balaban J connectivity index is 2.11. The van der Waals surface area contributed by atoms with Crippen molar-refractivity contribution in [2.75, 3.05) is 0 Å². The van der Waals surface area contributed by atoms with E-state index >= 15 is 0 Å². The topological polar surface area (TPSA) is 22.0 Å². The number of hydrogen-bond donors (Lipinski definition) is 0. The quantitative estimate of drug-likeness (QED) is 0.472. The van der Waals surface area contributed by atoms with Crippen LogP contribution >= 0.6 is 11.6 Å². The first-order valence-electron chi connectivity index (χ1n) is 7.59. The third-order valence-corrected chi connectivity index (χ3v) is 4.41. The van der Waals surface area contributed by atoms with Crippen LogP contribution in [0.5, 0.6) is 0 Å². The molecule has 0 aliphatic rings. The Morgan fingerprint density at radius 3 is 2.29 bits per heavy atom. The first kappa shape index (κ1) is 14.9. The molecule has 4 heteroatoms. The molecule has 0 bridgehead atoms. The summed E-state index contributed by atoms with van der Waals surface area (Å²) in [5.41, 5.74) is 2.39. The number of nitrogens with zero attached hydrogens (tertiary/aromatic N) is 1.